The Morgan fingerprint density at radius 3 is 2.69 bits per heavy atom. The van der Waals surface area contributed by atoms with Crippen molar-refractivity contribution in [1.82, 2.24) is 15.8 Å². The third kappa shape index (κ3) is 5.79. The van der Waals surface area contributed by atoms with Crippen LogP contribution in [0, 0.1) is 6.92 Å². The van der Waals surface area contributed by atoms with Crippen molar-refractivity contribution in [2.24, 2.45) is 4.99 Å². The second-order valence-corrected chi connectivity index (χ2v) is 6.64. The molecule has 6 nitrogen and oxygen atoms in total. The first kappa shape index (κ1) is 19.8. The summed E-state index contributed by atoms with van der Waals surface area (Å²) in [7, 11) is 1.77. The number of aromatic nitrogens is 1. The highest BCUT2D eigenvalue weighted by Crippen LogP contribution is 2.15. The summed E-state index contributed by atoms with van der Waals surface area (Å²) in [5.41, 5.74) is 3.50. The fourth-order valence-corrected chi connectivity index (χ4v) is 2.68. The van der Waals surface area contributed by atoms with Crippen molar-refractivity contribution in [2.75, 3.05) is 31.6 Å². The summed E-state index contributed by atoms with van der Waals surface area (Å²) in [5, 5.41) is 10.7. The van der Waals surface area contributed by atoms with E-state index in [1.165, 1.54) is 11.3 Å². The van der Waals surface area contributed by atoms with Crippen LogP contribution < -0.4 is 15.5 Å². The second-order valence-electron chi connectivity index (χ2n) is 6.64. The molecule has 1 aromatic heterocycles. The van der Waals surface area contributed by atoms with Gasteiger partial charge in [0.1, 0.15) is 0 Å². The van der Waals surface area contributed by atoms with Gasteiger partial charge in [-0.2, -0.15) is 0 Å². The molecule has 0 saturated carbocycles. The Labute approximate surface area is 156 Å². The molecule has 0 atom stereocenters. The highest BCUT2D eigenvalue weighted by atomic mass is 16.5. The van der Waals surface area contributed by atoms with Crippen molar-refractivity contribution in [1.29, 1.82) is 0 Å². The van der Waals surface area contributed by atoms with Crippen LogP contribution >= 0.6 is 0 Å². The second kappa shape index (κ2) is 9.85. The van der Waals surface area contributed by atoms with Crippen LogP contribution in [0.1, 0.15) is 43.7 Å². The summed E-state index contributed by atoms with van der Waals surface area (Å²) in [5.74, 6) is 1.94. The molecule has 0 bridgehead atoms. The number of likely N-dealkylation sites (N-methyl/N-ethyl adjacent to an activating group) is 1. The molecule has 0 unspecified atom stereocenters. The largest absolute Gasteiger partial charge is 0.370 e. The molecule has 1 heterocycles. The lowest BCUT2D eigenvalue weighted by atomic mass is 10.1. The first-order valence-electron chi connectivity index (χ1n) is 9.25. The number of hydrogen-bond acceptors (Lipinski definition) is 4. The zero-order valence-corrected chi connectivity index (χ0v) is 16.5. The number of nitrogens with one attached hydrogen (secondary N) is 2. The van der Waals surface area contributed by atoms with Crippen LogP contribution in [0.15, 0.2) is 39.8 Å². The molecule has 2 N–H and O–H groups in total. The number of guanidine groups is 1. The maximum atomic E-state index is 5.35. The molecular weight excluding hydrogens is 326 g/mol. The Hall–Kier alpha value is -2.50. The Balaban J connectivity index is 1.80. The van der Waals surface area contributed by atoms with E-state index >= 15 is 0 Å². The molecule has 0 saturated heterocycles. The predicted octanol–water partition coefficient (Wildman–Crippen LogP) is 3.30. The summed E-state index contributed by atoms with van der Waals surface area (Å²) >= 11 is 0. The number of hydrogen-bond donors (Lipinski definition) is 2. The lowest BCUT2D eigenvalue weighted by molar-refractivity contribution is 0.372. The first-order chi connectivity index (χ1) is 12.5. The van der Waals surface area contributed by atoms with Gasteiger partial charge in [-0.3, -0.25) is 4.99 Å². The van der Waals surface area contributed by atoms with E-state index in [9.17, 15) is 0 Å². The number of aryl methyl sites for hydroxylation is 1. The normalized spacial score (nSPS) is 11.7. The number of aliphatic imine (C=N–C) groups is 1. The van der Waals surface area contributed by atoms with Crippen LogP contribution in [0.25, 0.3) is 0 Å². The van der Waals surface area contributed by atoms with Crippen molar-refractivity contribution in [3.63, 3.8) is 0 Å². The molecule has 0 aliphatic rings. The smallest absolute Gasteiger partial charge is 0.191 e. The third-order valence-electron chi connectivity index (χ3n) is 4.25. The minimum Gasteiger partial charge on any atom is -0.370 e. The highest BCUT2D eigenvalue weighted by Gasteiger charge is 2.09. The van der Waals surface area contributed by atoms with E-state index in [2.05, 4.69) is 77.6 Å². The molecule has 1 aromatic carbocycles. The maximum absolute atomic E-state index is 5.35. The van der Waals surface area contributed by atoms with Crippen LogP contribution in [0.3, 0.4) is 0 Å². The Morgan fingerprint density at radius 1 is 1.27 bits per heavy atom. The average molecular weight is 358 g/mol. The van der Waals surface area contributed by atoms with Gasteiger partial charge in [0.15, 0.2) is 11.7 Å². The van der Waals surface area contributed by atoms with Gasteiger partial charge in [-0.05, 0) is 37.5 Å². The van der Waals surface area contributed by atoms with Crippen molar-refractivity contribution in [3.05, 3.63) is 47.3 Å². The third-order valence-corrected chi connectivity index (χ3v) is 4.25. The fourth-order valence-electron chi connectivity index (χ4n) is 2.68. The Kier molecular flexibility index (Phi) is 7.51. The van der Waals surface area contributed by atoms with E-state index in [-0.39, 0.29) is 0 Å². The molecule has 0 aliphatic carbocycles. The van der Waals surface area contributed by atoms with Crippen LogP contribution in [0.2, 0.25) is 0 Å². The van der Waals surface area contributed by atoms with Gasteiger partial charge < -0.3 is 20.1 Å². The molecule has 142 valence electrons. The predicted molar refractivity (Wildman–Crippen MR) is 108 cm³/mol. The van der Waals surface area contributed by atoms with Crippen molar-refractivity contribution >= 4 is 11.6 Å². The molecule has 0 spiro atoms. The molecule has 26 heavy (non-hydrogen) atoms. The van der Waals surface area contributed by atoms with Crippen LogP contribution in [0.4, 0.5) is 5.69 Å². The van der Waals surface area contributed by atoms with Gasteiger partial charge in [0.05, 0.1) is 12.2 Å². The van der Waals surface area contributed by atoms with E-state index in [4.69, 9.17) is 4.52 Å². The summed E-state index contributed by atoms with van der Waals surface area (Å²) in [6.07, 6.45) is 0. The highest BCUT2D eigenvalue weighted by molar-refractivity contribution is 5.79. The van der Waals surface area contributed by atoms with Gasteiger partial charge in [0.25, 0.3) is 0 Å². The van der Waals surface area contributed by atoms with E-state index in [0.29, 0.717) is 12.5 Å². The van der Waals surface area contributed by atoms with Crippen LogP contribution in [-0.2, 0) is 6.54 Å². The van der Waals surface area contributed by atoms with Gasteiger partial charge in [-0.25, -0.2) is 0 Å². The molecule has 2 rings (SSSR count). The van der Waals surface area contributed by atoms with Gasteiger partial charge in [-0.1, -0.05) is 31.1 Å². The number of anilines is 1. The molecular formula is C20H31N5O. The Bertz CT molecular complexity index is 708. The van der Waals surface area contributed by atoms with Gasteiger partial charge in [0, 0.05) is 38.4 Å². The van der Waals surface area contributed by atoms with Crippen LogP contribution in [0.5, 0.6) is 0 Å². The molecule has 0 aliphatic heterocycles. The number of rotatable bonds is 8. The zero-order chi connectivity index (χ0) is 18.9. The molecule has 2 aromatic rings. The SMILES string of the molecule is CCN(CCNC(=NC)NCc1cc(C(C)C)no1)c1cccc(C)c1. The lowest BCUT2D eigenvalue weighted by Crippen LogP contribution is -2.41. The van der Waals surface area contributed by atoms with E-state index in [0.717, 1.165) is 37.0 Å². The van der Waals surface area contributed by atoms with Crippen molar-refractivity contribution in [3.8, 4) is 0 Å². The quantitative estimate of drug-likeness (QED) is 0.560. The Morgan fingerprint density at radius 2 is 2.08 bits per heavy atom. The topological polar surface area (TPSA) is 65.7 Å². The van der Waals surface area contributed by atoms with E-state index in [1.807, 2.05) is 6.07 Å². The number of nitrogens with zero attached hydrogens (tertiary/aromatic N) is 3. The summed E-state index contributed by atoms with van der Waals surface area (Å²) in [6, 6.07) is 10.6. The molecule has 0 fully saturated rings. The van der Waals surface area contributed by atoms with Gasteiger partial charge in [0.2, 0.25) is 0 Å². The molecule has 0 amide bonds. The minimum absolute atomic E-state index is 0.367. The molecule has 6 heteroatoms. The summed E-state index contributed by atoms with van der Waals surface area (Å²) < 4.78 is 5.35. The van der Waals surface area contributed by atoms with Crippen molar-refractivity contribution in [2.45, 2.75) is 40.2 Å². The maximum Gasteiger partial charge on any atom is 0.191 e. The summed E-state index contributed by atoms with van der Waals surface area (Å²) in [4.78, 5) is 6.61. The molecule has 0 radical (unpaired) electrons. The van der Waals surface area contributed by atoms with Crippen molar-refractivity contribution < 1.29 is 4.52 Å². The summed E-state index contributed by atoms with van der Waals surface area (Å²) in [6.45, 7) is 11.7. The standard InChI is InChI=1S/C20H31N5O/c1-6-25(17-9-7-8-16(4)12-17)11-10-22-20(21-5)23-14-18-13-19(15(2)3)24-26-18/h7-9,12-13,15H,6,10-11,14H2,1-5H3,(H2,21,22,23). The van der Waals surface area contributed by atoms with E-state index < -0.39 is 0 Å². The van der Waals surface area contributed by atoms with Gasteiger partial charge >= 0.3 is 0 Å². The van der Waals surface area contributed by atoms with E-state index in [1.54, 1.807) is 7.05 Å². The first-order valence-corrected chi connectivity index (χ1v) is 9.25. The van der Waals surface area contributed by atoms with Gasteiger partial charge in [-0.15, -0.1) is 0 Å². The van der Waals surface area contributed by atoms with Crippen LogP contribution in [-0.4, -0.2) is 37.8 Å². The fraction of sp³-hybridized carbons (Fsp3) is 0.500. The minimum atomic E-state index is 0.367. The zero-order valence-electron chi connectivity index (χ0n) is 16.5. The lowest BCUT2D eigenvalue weighted by Gasteiger charge is -2.24. The monoisotopic (exact) mass is 357 g/mol. The average Bonchev–Trinajstić information content (AvgIpc) is 3.10. The number of benzene rings is 1.